The molecule has 5 heteroatoms. The van der Waals surface area contributed by atoms with Gasteiger partial charge in [-0.05, 0) is 26.3 Å². The van der Waals surface area contributed by atoms with Gasteiger partial charge in [0.1, 0.15) is 0 Å². The van der Waals surface area contributed by atoms with Gasteiger partial charge in [0, 0.05) is 12.1 Å². The number of ether oxygens (including phenoxy) is 1. The molecule has 0 amide bonds. The molecule has 0 spiro atoms. The Kier molecular flexibility index (Phi) is 4.36. The number of nitrogens with zero attached hydrogens (tertiary/aromatic N) is 2. The summed E-state index contributed by atoms with van der Waals surface area (Å²) in [4.78, 5) is 13.7. The highest BCUT2D eigenvalue weighted by molar-refractivity contribution is 5.69. The SMILES string of the molecule is COC(=O)CC1CCCCN1Cc1cc(C)no1. The van der Waals surface area contributed by atoms with E-state index >= 15 is 0 Å². The van der Waals surface area contributed by atoms with E-state index in [2.05, 4.69) is 10.1 Å². The van der Waals surface area contributed by atoms with Crippen LogP contribution < -0.4 is 0 Å². The molecular formula is C13H20N2O3. The standard InChI is InChI=1S/C13H20N2O3/c1-10-7-12(18-14-10)9-15-6-4-3-5-11(15)8-13(16)17-2/h7,11H,3-6,8-9H2,1-2H3. The number of methoxy groups -OCH3 is 1. The summed E-state index contributed by atoms with van der Waals surface area (Å²) in [5, 5.41) is 3.89. The molecule has 1 aromatic heterocycles. The van der Waals surface area contributed by atoms with Crippen molar-refractivity contribution in [2.45, 2.75) is 45.2 Å². The van der Waals surface area contributed by atoms with E-state index in [1.54, 1.807) is 0 Å². The molecule has 1 aliphatic heterocycles. The van der Waals surface area contributed by atoms with Gasteiger partial charge in [0.05, 0.1) is 25.8 Å². The molecule has 0 N–H and O–H groups in total. The van der Waals surface area contributed by atoms with Gasteiger partial charge in [-0.3, -0.25) is 9.69 Å². The van der Waals surface area contributed by atoms with Crippen LogP contribution in [0, 0.1) is 6.92 Å². The van der Waals surface area contributed by atoms with Gasteiger partial charge in [-0.2, -0.15) is 0 Å². The Hall–Kier alpha value is -1.36. The number of esters is 1. The van der Waals surface area contributed by atoms with E-state index in [1.807, 2.05) is 13.0 Å². The number of likely N-dealkylation sites (tertiary alicyclic amines) is 1. The minimum Gasteiger partial charge on any atom is -0.469 e. The van der Waals surface area contributed by atoms with Crippen LogP contribution in [0.15, 0.2) is 10.6 Å². The minimum atomic E-state index is -0.138. The first-order chi connectivity index (χ1) is 8.69. The van der Waals surface area contributed by atoms with Gasteiger partial charge in [0.25, 0.3) is 0 Å². The fourth-order valence-corrected chi connectivity index (χ4v) is 2.47. The van der Waals surface area contributed by atoms with Gasteiger partial charge >= 0.3 is 5.97 Å². The largest absolute Gasteiger partial charge is 0.469 e. The van der Waals surface area contributed by atoms with Gasteiger partial charge in [-0.25, -0.2) is 0 Å². The number of piperidine rings is 1. The molecule has 1 unspecified atom stereocenters. The number of aryl methyl sites for hydroxylation is 1. The average Bonchev–Trinajstić information content (AvgIpc) is 2.77. The maximum absolute atomic E-state index is 11.4. The van der Waals surface area contributed by atoms with Crippen molar-refractivity contribution in [3.63, 3.8) is 0 Å². The first-order valence-corrected chi connectivity index (χ1v) is 6.42. The summed E-state index contributed by atoms with van der Waals surface area (Å²) >= 11 is 0. The lowest BCUT2D eigenvalue weighted by Crippen LogP contribution is -2.40. The molecule has 1 atom stereocenters. The molecular weight excluding hydrogens is 232 g/mol. The fraction of sp³-hybridized carbons (Fsp3) is 0.692. The van der Waals surface area contributed by atoms with Crippen molar-refractivity contribution in [1.82, 2.24) is 10.1 Å². The molecule has 0 aromatic carbocycles. The summed E-state index contributed by atoms with van der Waals surface area (Å²) in [5.74, 6) is 0.727. The lowest BCUT2D eigenvalue weighted by Gasteiger charge is -2.34. The Labute approximate surface area is 107 Å². The van der Waals surface area contributed by atoms with Gasteiger partial charge in [-0.1, -0.05) is 11.6 Å². The minimum absolute atomic E-state index is 0.138. The Morgan fingerprint density at radius 3 is 3.11 bits per heavy atom. The zero-order chi connectivity index (χ0) is 13.0. The maximum atomic E-state index is 11.4. The Morgan fingerprint density at radius 1 is 1.61 bits per heavy atom. The summed E-state index contributed by atoms with van der Waals surface area (Å²) < 4.78 is 9.99. The van der Waals surface area contributed by atoms with Crippen molar-refractivity contribution in [3.05, 3.63) is 17.5 Å². The average molecular weight is 252 g/mol. The summed E-state index contributed by atoms with van der Waals surface area (Å²) in [7, 11) is 1.44. The van der Waals surface area contributed by atoms with Crippen LogP contribution in [-0.2, 0) is 16.1 Å². The normalized spacial score (nSPS) is 20.9. The molecule has 2 heterocycles. The second-order valence-corrected chi connectivity index (χ2v) is 4.83. The zero-order valence-electron chi connectivity index (χ0n) is 11.0. The molecule has 0 saturated carbocycles. The molecule has 0 aliphatic carbocycles. The maximum Gasteiger partial charge on any atom is 0.307 e. The first-order valence-electron chi connectivity index (χ1n) is 6.42. The molecule has 5 nitrogen and oxygen atoms in total. The van der Waals surface area contributed by atoms with E-state index < -0.39 is 0 Å². The molecule has 0 bridgehead atoms. The molecule has 1 aliphatic rings. The quantitative estimate of drug-likeness (QED) is 0.766. The second-order valence-electron chi connectivity index (χ2n) is 4.83. The molecule has 2 rings (SSSR count). The third kappa shape index (κ3) is 3.32. The van der Waals surface area contributed by atoms with Crippen LogP contribution in [0.5, 0.6) is 0 Å². The van der Waals surface area contributed by atoms with Crippen molar-refractivity contribution >= 4 is 5.97 Å². The van der Waals surface area contributed by atoms with Crippen LogP contribution in [-0.4, -0.2) is 35.7 Å². The highest BCUT2D eigenvalue weighted by Crippen LogP contribution is 2.22. The lowest BCUT2D eigenvalue weighted by molar-refractivity contribution is -0.142. The number of carbonyl (C=O) groups excluding carboxylic acids is 1. The van der Waals surface area contributed by atoms with Crippen LogP contribution in [0.4, 0.5) is 0 Å². The molecule has 0 radical (unpaired) electrons. The van der Waals surface area contributed by atoms with Crippen LogP contribution in [0.3, 0.4) is 0 Å². The van der Waals surface area contributed by atoms with Crippen molar-refractivity contribution < 1.29 is 14.1 Å². The zero-order valence-corrected chi connectivity index (χ0v) is 11.0. The fourth-order valence-electron chi connectivity index (χ4n) is 2.47. The van der Waals surface area contributed by atoms with Crippen molar-refractivity contribution in [2.24, 2.45) is 0 Å². The number of rotatable bonds is 4. The molecule has 1 aromatic rings. The lowest BCUT2D eigenvalue weighted by atomic mass is 9.99. The van der Waals surface area contributed by atoms with Gasteiger partial charge in [0.2, 0.25) is 0 Å². The highest BCUT2D eigenvalue weighted by Gasteiger charge is 2.25. The number of hydrogen-bond donors (Lipinski definition) is 0. The second kappa shape index (κ2) is 6.00. The van der Waals surface area contributed by atoms with Crippen molar-refractivity contribution in [2.75, 3.05) is 13.7 Å². The molecule has 18 heavy (non-hydrogen) atoms. The van der Waals surface area contributed by atoms with Crippen LogP contribution in [0.25, 0.3) is 0 Å². The van der Waals surface area contributed by atoms with E-state index in [0.717, 1.165) is 31.0 Å². The summed E-state index contributed by atoms with van der Waals surface area (Å²) in [6.07, 6.45) is 3.85. The van der Waals surface area contributed by atoms with E-state index in [9.17, 15) is 4.79 Å². The van der Waals surface area contributed by atoms with Crippen LogP contribution in [0.1, 0.15) is 37.1 Å². The Bertz CT molecular complexity index is 403. The van der Waals surface area contributed by atoms with E-state index in [-0.39, 0.29) is 12.0 Å². The Morgan fingerprint density at radius 2 is 2.44 bits per heavy atom. The van der Waals surface area contributed by atoms with Crippen molar-refractivity contribution in [1.29, 1.82) is 0 Å². The molecule has 1 saturated heterocycles. The number of hydrogen-bond acceptors (Lipinski definition) is 5. The predicted molar refractivity (Wildman–Crippen MR) is 65.9 cm³/mol. The summed E-state index contributed by atoms with van der Waals surface area (Å²) in [6.45, 7) is 3.64. The van der Waals surface area contributed by atoms with Gasteiger partial charge < -0.3 is 9.26 Å². The third-order valence-electron chi connectivity index (χ3n) is 3.41. The monoisotopic (exact) mass is 252 g/mol. The predicted octanol–water partition coefficient (Wildman–Crippen LogP) is 1.90. The Balaban J connectivity index is 1.96. The third-order valence-corrected chi connectivity index (χ3v) is 3.41. The molecule has 100 valence electrons. The van der Waals surface area contributed by atoms with E-state index in [4.69, 9.17) is 9.26 Å². The molecule has 1 fully saturated rings. The van der Waals surface area contributed by atoms with E-state index in [0.29, 0.717) is 6.42 Å². The van der Waals surface area contributed by atoms with Crippen LogP contribution >= 0.6 is 0 Å². The number of aromatic nitrogens is 1. The summed E-state index contributed by atoms with van der Waals surface area (Å²) in [6, 6.07) is 2.21. The van der Waals surface area contributed by atoms with Gasteiger partial charge in [-0.15, -0.1) is 0 Å². The summed E-state index contributed by atoms with van der Waals surface area (Å²) in [5.41, 5.74) is 0.895. The van der Waals surface area contributed by atoms with Crippen molar-refractivity contribution in [3.8, 4) is 0 Å². The van der Waals surface area contributed by atoms with Crippen LogP contribution in [0.2, 0.25) is 0 Å². The topological polar surface area (TPSA) is 55.6 Å². The highest BCUT2D eigenvalue weighted by atomic mass is 16.5. The number of carbonyl (C=O) groups is 1. The van der Waals surface area contributed by atoms with E-state index in [1.165, 1.54) is 20.0 Å². The van der Waals surface area contributed by atoms with Gasteiger partial charge in [0.15, 0.2) is 5.76 Å². The smallest absolute Gasteiger partial charge is 0.307 e. The first kappa shape index (κ1) is 13.1.